The molecule has 68 valence electrons. The van der Waals surface area contributed by atoms with Gasteiger partial charge in [-0.2, -0.15) is 12.6 Å². The Hall–Kier alpha value is -1.21. The Labute approximate surface area is 80.4 Å². The minimum atomic E-state index is -0.662. The maximum absolute atomic E-state index is 13.0. The van der Waals surface area contributed by atoms with Crippen LogP contribution in [0.3, 0.4) is 0 Å². The van der Waals surface area contributed by atoms with Gasteiger partial charge in [-0.3, -0.25) is 0 Å². The van der Waals surface area contributed by atoms with E-state index in [1.165, 1.54) is 0 Å². The molecule has 2 N–H and O–H groups in total. The van der Waals surface area contributed by atoms with Crippen molar-refractivity contribution in [3.8, 4) is 11.8 Å². The van der Waals surface area contributed by atoms with Crippen LogP contribution >= 0.6 is 12.6 Å². The largest absolute Gasteiger partial charge is 0.396 e. The van der Waals surface area contributed by atoms with Crippen LogP contribution in [-0.2, 0) is 0 Å². The number of benzene rings is 1. The standard InChI is InChI=1S/C9H7F2NS/c10-7-5-9(12)8(11)4-6(7)2-1-3-13/h4-5,13H,3,12H2. The molecule has 1 rings (SSSR count). The van der Waals surface area contributed by atoms with Crippen LogP contribution in [-0.4, -0.2) is 5.75 Å². The van der Waals surface area contributed by atoms with Crippen LogP contribution in [0.2, 0.25) is 0 Å². The van der Waals surface area contributed by atoms with Crippen LogP contribution in [0.4, 0.5) is 14.5 Å². The van der Waals surface area contributed by atoms with Crippen molar-refractivity contribution in [3.63, 3.8) is 0 Å². The molecular weight excluding hydrogens is 192 g/mol. The molecule has 0 saturated carbocycles. The lowest BCUT2D eigenvalue weighted by Gasteiger charge is -1.98. The molecular formula is C9H7F2NS. The first-order valence-corrected chi connectivity index (χ1v) is 4.12. The van der Waals surface area contributed by atoms with E-state index in [1.807, 2.05) is 0 Å². The summed E-state index contributed by atoms with van der Waals surface area (Å²) in [6.45, 7) is 0. The van der Waals surface area contributed by atoms with E-state index in [4.69, 9.17) is 5.73 Å². The number of hydrogen-bond acceptors (Lipinski definition) is 2. The highest BCUT2D eigenvalue weighted by Crippen LogP contribution is 2.15. The maximum Gasteiger partial charge on any atom is 0.147 e. The Kier molecular flexibility index (Phi) is 3.15. The number of nitrogens with two attached hydrogens (primary N) is 1. The van der Waals surface area contributed by atoms with E-state index in [1.54, 1.807) is 0 Å². The van der Waals surface area contributed by atoms with E-state index in [9.17, 15) is 8.78 Å². The second-order valence-corrected chi connectivity index (χ2v) is 2.63. The summed E-state index contributed by atoms with van der Waals surface area (Å²) in [4.78, 5) is 0. The molecule has 0 atom stereocenters. The summed E-state index contributed by atoms with van der Waals surface area (Å²) >= 11 is 3.82. The van der Waals surface area contributed by atoms with Crippen molar-refractivity contribution < 1.29 is 8.78 Å². The predicted octanol–water partition coefficient (Wildman–Crippen LogP) is 1.83. The van der Waals surface area contributed by atoms with Gasteiger partial charge in [0.05, 0.1) is 17.0 Å². The second kappa shape index (κ2) is 4.15. The number of halogens is 2. The van der Waals surface area contributed by atoms with Gasteiger partial charge in [-0.25, -0.2) is 8.78 Å². The van der Waals surface area contributed by atoms with Gasteiger partial charge in [0.2, 0.25) is 0 Å². The van der Waals surface area contributed by atoms with Crippen LogP contribution in [0.1, 0.15) is 5.56 Å². The minimum Gasteiger partial charge on any atom is -0.396 e. The Morgan fingerprint density at radius 2 is 2.00 bits per heavy atom. The zero-order valence-electron chi connectivity index (χ0n) is 6.64. The first-order chi connectivity index (χ1) is 6.15. The molecule has 0 aliphatic carbocycles. The smallest absolute Gasteiger partial charge is 0.147 e. The van der Waals surface area contributed by atoms with Gasteiger partial charge >= 0.3 is 0 Å². The average Bonchev–Trinajstić information content (AvgIpc) is 2.09. The fourth-order valence-corrected chi connectivity index (χ4v) is 0.872. The number of thiol groups is 1. The van der Waals surface area contributed by atoms with E-state index in [0.717, 1.165) is 12.1 Å². The third-order valence-electron chi connectivity index (χ3n) is 1.39. The average molecular weight is 199 g/mol. The van der Waals surface area contributed by atoms with Gasteiger partial charge in [0.15, 0.2) is 0 Å². The number of anilines is 1. The van der Waals surface area contributed by atoms with Crippen molar-refractivity contribution >= 4 is 18.3 Å². The fourth-order valence-electron chi connectivity index (χ4n) is 0.793. The van der Waals surface area contributed by atoms with Crippen molar-refractivity contribution in [2.45, 2.75) is 0 Å². The molecule has 0 saturated heterocycles. The molecule has 1 nitrogen and oxygen atoms in total. The van der Waals surface area contributed by atoms with Crippen LogP contribution < -0.4 is 5.73 Å². The Balaban J connectivity index is 3.16. The lowest BCUT2D eigenvalue weighted by atomic mass is 10.2. The summed E-state index contributed by atoms with van der Waals surface area (Å²) in [6.07, 6.45) is 0. The van der Waals surface area contributed by atoms with Gasteiger partial charge in [0, 0.05) is 6.07 Å². The lowest BCUT2D eigenvalue weighted by Crippen LogP contribution is -1.94. The van der Waals surface area contributed by atoms with Gasteiger partial charge in [-0.15, -0.1) is 0 Å². The number of rotatable bonds is 0. The zero-order chi connectivity index (χ0) is 9.84. The van der Waals surface area contributed by atoms with Crippen molar-refractivity contribution in [1.29, 1.82) is 0 Å². The minimum absolute atomic E-state index is 0.000694. The second-order valence-electron chi connectivity index (χ2n) is 2.31. The quantitative estimate of drug-likeness (QED) is 0.372. The summed E-state index contributed by atoms with van der Waals surface area (Å²) in [7, 11) is 0. The highest BCUT2D eigenvalue weighted by Gasteiger charge is 2.04. The molecule has 1 aromatic rings. The van der Waals surface area contributed by atoms with Gasteiger partial charge in [0.25, 0.3) is 0 Å². The van der Waals surface area contributed by atoms with Gasteiger partial charge in [-0.05, 0) is 6.07 Å². The highest BCUT2D eigenvalue weighted by atomic mass is 32.1. The number of hydrogen-bond donors (Lipinski definition) is 2. The third-order valence-corrected chi connectivity index (χ3v) is 1.55. The monoisotopic (exact) mass is 199 g/mol. The summed E-state index contributed by atoms with van der Waals surface area (Å²) in [6, 6.07) is 1.89. The molecule has 0 aliphatic rings. The fraction of sp³-hybridized carbons (Fsp3) is 0.111. The molecule has 0 unspecified atom stereocenters. The first-order valence-electron chi connectivity index (χ1n) is 3.49. The Bertz CT molecular complexity index is 379. The van der Waals surface area contributed by atoms with Crippen molar-refractivity contribution in [1.82, 2.24) is 0 Å². The zero-order valence-corrected chi connectivity index (χ0v) is 7.54. The molecule has 1 aromatic carbocycles. The maximum atomic E-state index is 13.0. The molecule has 0 amide bonds. The summed E-state index contributed by atoms with van der Waals surface area (Å²) in [5.74, 6) is 3.97. The van der Waals surface area contributed by atoms with Crippen molar-refractivity contribution in [2.75, 3.05) is 11.5 Å². The first kappa shape index (κ1) is 9.87. The molecule has 0 heterocycles. The predicted molar refractivity (Wildman–Crippen MR) is 51.5 cm³/mol. The molecule has 0 radical (unpaired) electrons. The molecule has 0 spiro atoms. The van der Waals surface area contributed by atoms with E-state index in [2.05, 4.69) is 24.5 Å². The Morgan fingerprint density at radius 3 is 2.62 bits per heavy atom. The molecule has 0 aromatic heterocycles. The summed E-state index contributed by atoms with van der Waals surface area (Å²) in [5.41, 5.74) is 4.93. The molecule has 13 heavy (non-hydrogen) atoms. The highest BCUT2D eigenvalue weighted by molar-refractivity contribution is 7.80. The van der Waals surface area contributed by atoms with E-state index >= 15 is 0 Å². The summed E-state index contributed by atoms with van der Waals surface area (Å²) in [5, 5.41) is 0. The third kappa shape index (κ3) is 2.36. The van der Waals surface area contributed by atoms with Crippen LogP contribution in [0.5, 0.6) is 0 Å². The molecule has 0 fully saturated rings. The van der Waals surface area contributed by atoms with E-state index < -0.39 is 11.6 Å². The van der Waals surface area contributed by atoms with Crippen LogP contribution in [0.25, 0.3) is 0 Å². The SMILES string of the molecule is Nc1cc(F)c(C#CCS)cc1F. The Morgan fingerprint density at radius 1 is 1.31 bits per heavy atom. The molecule has 0 aliphatic heterocycles. The van der Waals surface area contributed by atoms with E-state index in [-0.39, 0.29) is 11.3 Å². The number of nitrogen functional groups attached to an aromatic ring is 1. The van der Waals surface area contributed by atoms with Crippen molar-refractivity contribution in [2.24, 2.45) is 0 Å². The van der Waals surface area contributed by atoms with Crippen molar-refractivity contribution in [3.05, 3.63) is 29.3 Å². The molecule has 0 bridgehead atoms. The van der Waals surface area contributed by atoms with Gasteiger partial charge in [-0.1, -0.05) is 11.8 Å². The van der Waals surface area contributed by atoms with Crippen LogP contribution in [0, 0.1) is 23.5 Å². The normalized spacial score (nSPS) is 9.15. The van der Waals surface area contributed by atoms with Gasteiger partial charge < -0.3 is 5.73 Å². The molecule has 4 heteroatoms. The van der Waals surface area contributed by atoms with Crippen LogP contribution in [0.15, 0.2) is 12.1 Å². The lowest BCUT2D eigenvalue weighted by molar-refractivity contribution is 0.601. The van der Waals surface area contributed by atoms with E-state index in [0.29, 0.717) is 5.75 Å². The van der Waals surface area contributed by atoms with Gasteiger partial charge in [0.1, 0.15) is 11.6 Å². The summed E-state index contributed by atoms with van der Waals surface area (Å²) < 4.78 is 25.8. The topological polar surface area (TPSA) is 26.0 Å².